The summed E-state index contributed by atoms with van der Waals surface area (Å²) in [7, 11) is 0. The highest BCUT2D eigenvalue weighted by Gasteiger charge is 2.56. The SMILES string of the molecule is CC(CO)(NC(=O)NCC1CC12CCCc1ccccc12)C1CC1. The van der Waals surface area contributed by atoms with Crippen molar-refractivity contribution in [2.24, 2.45) is 11.8 Å². The molecular formula is C20H28N2O2. The Labute approximate surface area is 144 Å². The van der Waals surface area contributed by atoms with Gasteiger partial charge in [-0.1, -0.05) is 24.3 Å². The quantitative estimate of drug-likeness (QED) is 0.778. The van der Waals surface area contributed by atoms with Gasteiger partial charge in [-0.3, -0.25) is 0 Å². The molecule has 3 aliphatic rings. The first-order chi connectivity index (χ1) is 11.6. The number of hydrogen-bond donors (Lipinski definition) is 3. The molecule has 0 bridgehead atoms. The van der Waals surface area contributed by atoms with Crippen molar-refractivity contribution in [3.05, 3.63) is 35.4 Å². The topological polar surface area (TPSA) is 61.4 Å². The molecule has 2 fully saturated rings. The number of carbonyl (C=O) groups excluding carboxylic acids is 1. The fraction of sp³-hybridized carbons (Fsp3) is 0.650. The van der Waals surface area contributed by atoms with Crippen LogP contribution in [0.2, 0.25) is 0 Å². The van der Waals surface area contributed by atoms with E-state index in [4.69, 9.17) is 0 Å². The van der Waals surface area contributed by atoms with Crippen LogP contribution < -0.4 is 10.6 Å². The Balaban J connectivity index is 1.35. The van der Waals surface area contributed by atoms with Crippen LogP contribution in [-0.4, -0.2) is 29.8 Å². The first-order valence-electron chi connectivity index (χ1n) is 9.33. The number of fused-ring (bicyclic) bond motifs is 2. The maximum atomic E-state index is 12.3. The van der Waals surface area contributed by atoms with Gasteiger partial charge in [-0.15, -0.1) is 0 Å². The Kier molecular flexibility index (Phi) is 3.83. The normalized spacial score (nSPS) is 30.3. The predicted molar refractivity (Wildman–Crippen MR) is 93.9 cm³/mol. The van der Waals surface area contributed by atoms with Gasteiger partial charge in [0, 0.05) is 12.0 Å². The van der Waals surface area contributed by atoms with Crippen molar-refractivity contribution in [1.29, 1.82) is 0 Å². The highest BCUT2D eigenvalue weighted by molar-refractivity contribution is 5.75. The minimum atomic E-state index is -0.469. The van der Waals surface area contributed by atoms with Crippen LogP contribution in [0.1, 0.15) is 50.2 Å². The number of urea groups is 1. The molecule has 4 heteroatoms. The van der Waals surface area contributed by atoms with E-state index < -0.39 is 5.54 Å². The average molecular weight is 328 g/mol. The minimum Gasteiger partial charge on any atom is -0.394 e. The van der Waals surface area contributed by atoms with E-state index in [0.29, 0.717) is 17.3 Å². The first-order valence-corrected chi connectivity index (χ1v) is 9.33. The van der Waals surface area contributed by atoms with Gasteiger partial charge in [-0.05, 0) is 68.4 Å². The zero-order valence-corrected chi connectivity index (χ0v) is 14.5. The van der Waals surface area contributed by atoms with Crippen LogP contribution in [0.3, 0.4) is 0 Å². The molecule has 3 atom stereocenters. The van der Waals surface area contributed by atoms with E-state index in [1.54, 1.807) is 0 Å². The van der Waals surface area contributed by atoms with Gasteiger partial charge in [0.25, 0.3) is 0 Å². The zero-order valence-electron chi connectivity index (χ0n) is 14.5. The van der Waals surface area contributed by atoms with Crippen LogP contribution in [0.25, 0.3) is 0 Å². The summed E-state index contributed by atoms with van der Waals surface area (Å²) in [6.07, 6.45) is 7.07. The van der Waals surface area contributed by atoms with E-state index in [-0.39, 0.29) is 12.6 Å². The van der Waals surface area contributed by atoms with Crippen molar-refractivity contribution in [3.8, 4) is 0 Å². The second-order valence-electron chi connectivity index (χ2n) is 8.25. The fourth-order valence-corrected chi connectivity index (χ4v) is 4.75. The summed E-state index contributed by atoms with van der Waals surface area (Å²) >= 11 is 0. The number of aryl methyl sites for hydroxylation is 1. The van der Waals surface area contributed by atoms with Crippen molar-refractivity contribution in [2.45, 2.75) is 56.4 Å². The molecule has 130 valence electrons. The Morgan fingerprint density at radius 1 is 1.38 bits per heavy atom. The molecule has 3 aliphatic carbocycles. The average Bonchev–Trinajstić information content (AvgIpc) is 3.49. The van der Waals surface area contributed by atoms with Crippen LogP contribution in [0, 0.1) is 11.8 Å². The molecule has 2 amide bonds. The van der Waals surface area contributed by atoms with E-state index >= 15 is 0 Å². The molecule has 1 aromatic rings. The number of nitrogens with one attached hydrogen (secondary N) is 2. The number of aliphatic hydroxyl groups is 1. The maximum absolute atomic E-state index is 12.3. The third-order valence-electron chi connectivity index (χ3n) is 6.57. The molecule has 4 rings (SSSR count). The standard InChI is InChI=1S/C20H28N2O2/c1-19(13-23,15-8-9-15)22-18(24)21-12-16-11-20(16)10-4-6-14-5-2-3-7-17(14)20/h2-3,5,7,15-16,23H,4,6,8-13H2,1H3,(H2,21,22,24). The molecule has 0 saturated heterocycles. The van der Waals surface area contributed by atoms with Gasteiger partial charge in [-0.25, -0.2) is 4.79 Å². The maximum Gasteiger partial charge on any atom is 0.315 e. The van der Waals surface area contributed by atoms with Gasteiger partial charge in [0.15, 0.2) is 0 Å². The third-order valence-corrected chi connectivity index (χ3v) is 6.57. The van der Waals surface area contributed by atoms with E-state index in [2.05, 4.69) is 34.9 Å². The van der Waals surface area contributed by atoms with E-state index in [1.807, 2.05) is 6.92 Å². The van der Waals surface area contributed by atoms with Crippen LogP contribution in [0.5, 0.6) is 0 Å². The highest BCUT2D eigenvalue weighted by Crippen LogP contribution is 2.59. The van der Waals surface area contributed by atoms with Crippen molar-refractivity contribution < 1.29 is 9.90 Å². The summed E-state index contributed by atoms with van der Waals surface area (Å²) in [4.78, 5) is 12.3. The van der Waals surface area contributed by atoms with Crippen LogP contribution in [0.4, 0.5) is 4.79 Å². The molecule has 3 unspecified atom stereocenters. The smallest absolute Gasteiger partial charge is 0.315 e. The molecule has 0 aromatic heterocycles. The molecule has 1 spiro atoms. The lowest BCUT2D eigenvalue weighted by Gasteiger charge is -2.29. The van der Waals surface area contributed by atoms with Crippen LogP contribution in [-0.2, 0) is 11.8 Å². The van der Waals surface area contributed by atoms with E-state index in [9.17, 15) is 9.90 Å². The number of aliphatic hydroxyl groups excluding tert-OH is 1. The molecule has 2 saturated carbocycles. The van der Waals surface area contributed by atoms with Crippen molar-refractivity contribution in [1.82, 2.24) is 10.6 Å². The largest absolute Gasteiger partial charge is 0.394 e. The molecule has 0 aliphatic heterocycles. The number of hydrogen-bond acceptors (Lipinski definition) is 2. The van der Waals surface area contributed by atoms with Gasteiger partial charge in [-0.2, -0.15) is 0 Å². The van der Waals surface area contributed by atoms with Crippen molar-refractivity contribution in [2.75, 3.05) is 13.2 Å². The van der Waals surface area contributed by atoms with Gasteiger partial charge >= 0.3 is 6.03 Å². The molecular weight excluding hydrogens is 300 g/mol. The summed E-state index contributed by atoms with van der Waals surface area (Å²) in [5, 5.41) is 15.7. The molecule has 1 aromatic carbocycles. The second kappa shape index (κ2) is 5.76. The van der Waals surface area contributed by atoms with Gasteiger partial charge < -0.3 is 15.7 Å². The summed E-state index contributed by atoms with van der Waals surface area (Å²) in [6.45, 7) is 2.68. The lowest BCUT2D eigenvalue weighted by molar-refractivity contribution is 0.155. The second-order valence-corrected chi connectivity index (χ2v) is 8.25. The number of rotatable bonds is 5. The molecule has 0 heterocycles. The summed E-state index contributed by atoms with van der Waals surface area (Å²) in [6, 6.07) is 8.68. The van der Waals surface area contributed by atoms with Crippen molar-refractivity contribution in [3.63, 3.8) is 0 Å². The van der Waals surface area contributed by atoms with E-state index in [1.165, 1.54) is 36.8 Å². The zero-order chi connectivity index (χ0) is 16.8. The molecule has 0 radical (unpaired) electrons. The molecule has 3 N–H and O–H groups in total. The molecule has 24 heavy (non-hydrogen) atoms. The van der Waals surface area contributed by atoms with E-state index in [0.717, 1.165) is 19.4 Å². The van der Waals surface area contributed by atoms with Crippen LogP contribution in [0.15, 0.2) is 24.3 Å². The Hall–Kier alpha value is -1.55. The first kappa shape index (κ1) is 15.9. The van der Waals surface area contributed by atoms with Crippen LogP contribution >= 0.6 is 0 Å². The Bertz CT molecular complexity index is 642. The lowest BCUT2D eigenvalue weighted by atomic mass is 9.78. The van der Waals surface area contributed by atoms with Gasteiger partial charge in [0.2, 0.25) is 0 Å². The third kappa shape index (κ3) is 2.71. The monoisotopic (exact) mass is 328 g/mol. The Morgan fingerprint density at radius 2 is 2.17 bits per heavy atom. The number of amides is 2. The Morgan fingerprint density at radius 3 is 2.92 bits per heavy atom. The summed E-state index contributed by atoms with van der Waals surface area (Å²) in [5.74, 6) is 0.969. The highest BCUT2D eigenvalue weighted by atomic mass is 16.3. The summed E-state index contributed by atoms with van der Waals surface area (Å²) in [5.41, 5.74) is 2.85. The number of carbonyl (C=O) groups is 1. The molecule has 4 nitrogen and oxygen atoms in total. The minimum absolute atomic E-state index is 0.00578. The van der Waals surface area contributed by atoms with Gasteiger partial charge in [0.1, 0.15) is 0 Å². The lowest BCUT2D eigenvalue weighted by Crippen LogP contribution is -2.54. The predicted octanol–water partition coefficient (Wildman–Crippen LogP) is 2.74. The van der Waals surface area contributed by atoms with Crippen molar-refractivity contribution >= 4 is 6.03 Å². The number of benzene rings is 1. The summed E-state index contributed by atoms with van der Waals surface area (Å²) < 4.78 is 0. The fourth-order valence-electron chi connectivity index (χ4n) is 4.75. The van der Waals surface area contributed by atoms with Gasteiger partial charge in [0.05, 0.1) is 12.1 Å².